The summed E-state index contributed by atoms with van der Waals surface area (Å²) >= 11 is 0. The van der Waals surface area contributed by atoms with Crippen molar-refractivity contribution < 1.29 is 13.7 Å². The van der Waals surface area contributed by atoms with Crippen LogP contribution in [-0.4, -0.2) is 29.7 Å². The van der Waals surface area contributed by atoms with Crippen LogP contribution in [0.5, 0.6) is 0 Å². The first kappa shape index (κ1) is 10.1. The highest BCUT2D eigenvalue weighted by atomic mass is 19.1. The quantitative estimate of drug-likeness (QED) is 0.745. The summed E-state index contributed by atoms with van der Waals surface area (Å²) < 4.78 is 17.8. The predicted molar refractivity (Wildman–Crippen MR) is 50.8 cm³/mol. The van der Waals surface area contributed by atoms with Crippen molar-refractivity contribution in [1.29, 1.82) is 0 Å². The predicted octanol–water partition coefficient (Wildman–Crippen LogP) is 1.47. The smallest absolute Gasteiger partial charge is 0.223 e. The molecule has 0 bridgehead atoms. The van der Waals surface area contributed by atoms with Gasteiger partial charge in [0.1, 0.15) is 0 Å². The molecule has 0 radical (unpaired) electrons. The third-order valence-electron chi connectivity index (χ3n) is 2.83. The number of hydrogen-bond donors (Lipinski definition) is 0. The highest BCUT2D eigenvalue weighted by Gasteiger charge is 2.40. The maximum absolute atomic E-state index is 12.7. The van der Waals surface area contributed by atoms with Gasteiger partial charge in [0.15, 0.2) is 5.76 Å². The molecule has 2 rings (SSSR count). The lowest BCUT2D eigenvalue weighted by molar-refractivity contribution is -0.127. The summed E-state index contributed by atoms with van der Waals surface area (Å²) in [4.78, 5) is 13.0. The van der Waals surface area contributed by atoms with E-state index in [9.17, 15) is 9.18 Å². The van der Waals surface area contributed by atoms with Gasteiger partial charge in [-0.05, 0) is 6.92 Å². The lowest BCUT2D eigenvalue weighted by Gasteiger charge is -2.20. The zero-order valence-electron chi connectivity index (χ0n) is 8.74. The summed E-state index contributed by atoms with van der Waals surface area (Å²) in [5, 5.41) is 3.75. The van der Waals surface area contributed by atoms with Crippen molar-refractivity contribution in [1.82, 2.24) is 10.1 Å². The van der Waals surface area contributed by atoms with E-state index in [0.29, 0.717) is 5.76 Å². The Morgan fingerprint density at radius 1 is 1.73 bits per heavy atom. The number of hydrogen-bond acceptors (Lipinski definition) is 3. The van der Waals surface area contributed by atoms with Gasteiger partial charge in [0.25, 0.3) is 0 Å². The Kier molecular flexibility index (Phi) is 2.46. The first-order valence-corrected chi connectivity index (χ1v) is 4.88. The monoisotopic (exact) mass is 212 g/mol. The van der Waals surface area contributed by atoms with Crippen LogP contribution in [0.15, 0.2) is 10.6 Å². The molecule has 1 aromatic rings. The van der Waals surface area contributed by atoms with Gasteiger partial charge in [0.05, 0.1) is 18.4 Å². The van der Waals surface area contributed by atoms with E-state index in [1.165, 1.54) is 4.90 Å². The highest BCUT2D eigenvalue weighted by Crippen LogP contribution is 2.37. The number of carbonyl (C=O) groups excluding carboxylic acids is 1. The molecule has 0 spiro atoms. The molecule has 1 aliphatic heterocycles. The van der Waals surface area contributed by atoms with E-state index in [1.54, 1.807) is 20.0 Å². The molecule has 2 heterocycles. The molecule has 0 aliphatic carbocycles. The summed E-state index contributed by atoms with van der Waals surface area (Å²) in [7, 11) is 1.67. The van der Waals surface area contributed by atoms with Crippen molar-refractivity contribution in [2.45, 2.75) is 19.4 Å². The second-order valence-electron chi connectivity index (χ2n) is 3.94. The fourth-order valence-electron chi connectivity index (χ4n) is 2.04. The fraction of sp³-hybridized carbons (Fsp3) is 0.600. The largest absolute Gasteiger partial charge is 0.359 e. The van der Waals surface area contributed by atoms with Gasteiger partial charge < -0.3 is 9.42 Å². The molecule has 5 heteroatoms. The van der Waals surface area contributed by atoms with Crippen molar-refractivity contribution in [3.63, 3.8) is 0 Å². The summed E-state index contributed by atoms with van der Waals surface area (Å²) in [6.07, 6.45) is 0.247. The van der Waals surface area contributed by atoms with Crippen LogP contribution in [0.3, 0.4) is 0 Å². The van der Waals surface area contributed by atoms with Crippen LogP contribution >= 0.6 is 0 Å². The molecule has 15 heavy (non-hydrogen) atoms. The Hall–Kier alpha value is -1.39. The van der Waals surface area contributed by atoms with Gasteiger partial charge in [0, 0.05) is 25.5 Å². The van der Waals surface area contributed by atoms with Crippen molar-refractivity contribution in [2.24, 2.45) is 5.92 Å². The van der Waals surface area contributed by atoms with Crippen molar-refractivity contribution in [3.8, 4) is 0 Å². The van der Waals surface area contributed by atoms with Gasteiger partial charge in [-0.2, -0.15) is 0 Å². The molecule has 1 fully saturated rings. The number of alkyl halides is 1. The molecule has 82 valence electrons. The molecular formula is C10H13FN2O2. The van der Waals surface area contributed by atoms with Crippen molar-refractivity contribution >= 4 is 5.91 Å². The number of aryl methyl sites for hydroxylation is 1. The Bertz CT molecular complexity index is 377. The topological polar surface area (TPSA) is 46.3 Å². The number of amides is 1. The Morgan fingerprint density at radius 2 is 2.47 bits per heavy atom. The van der Waals surface area contributed by atoms with Crippen molar-refractivity contribution in [3.05, 3.63) is 17.5 Å². The number of aromatic nitrogens is 1. The molecule has 0 N–H and O–H groups in total. The van der Waals surface area contributed by atoms with Crippen LogP contribution in [0.4, 0.5) is 4.39 Å². The van der Waals surface area contributed by atoms with Crippen LogP contribution in [0, 0.1) is 12.8 Å². The molecule has 1 amide bonds. The molecule has 0 saturated carbocycles. The molecule has 2 atom stereocenters. The fourth-order valence-corrected chi connectivity index (χ4v) is 2.04. The van der Waals surface area contributed by atoms with Crippen LogP contribution in [0.1, 0.15) is 23.9 Å². The lowest BCUT2D eigenvalue weighted by atomic mass is 10.00. The van der Waals surface area contributed by atoms with E-state index < -0.39 is 6.67 Å². The van der Waals surface area contributed by atoms with Crippen LogP contribution < -0.4 is 0 Å². The van der Waals surface area contributed by atoms with Crippen LogP contribution in [0.2, 0.25) is 0 Å². The molecule has 2 unspecified atom stereocenters. The Balaban J connectivity index is 2.30. The Morgan fingerprint density at radius 3 is 3.00 bits per heavy atom. The normalized spacial score (nSPS) is 26.3. The van der Waals surface area contributed by atoms with Gasteiger partial charge in [-0.15, -0.1) is 0 Å². The maximum atomic E-state index is 12.7. The average molecular weight is 212 g/mol. The first-order chi connectivity index (χ1) is 7.13. The zero-order chi connectivity index (χ0) is 11.0. The molecule has 1 saturated heterocycles. The average Bonchev–Trinajstić information content (AvgIpc) is 2.73. The maximum Gasteiger partial charge on any atom is 0.223 e. The van der Waals surface area contributed by atoms with E-state index in [4.69, 9.17) is 4.52 Å². The molecule has 0 aromatic carbocycles. The van der Waals surface area contributed by atoms with E-state index in [-0.39, 0.29) is 24.3 Å². The van der Waals surface area contributed by atoms with Crippen LogP contribution in [0.25, 0.3) is 0 Å². The van der Waals surface area contributed by atoms with Gasteiger partial charge in [-0.25, -0.2) is 0 Å². The Labute approximate surface area is 87.0 Å². The molecule has 4 nitrogen and oxygen atoms in total. The van der Waals surface area contributed by atoms with Gasteiger partial charge in [-0.3, -0.25) is 9.18 Å². The van der Waals surface area contributed by atoms with E-state index >= 15 is 0 Å². The van der Waals surface area contributed by atoms with E-state index in [1.807, 2.05) is 0 Å². The molecule has 1 aliphatic rings. The van der Waals surface area contributed by atoms with Gasteiger partial charge in [0.2, 0.25) is 5.91 Å². The minimum absolute atomic E-state index is 0.0447. The number of halogens is 1. The summed E-state index contributed by atoms with van der Waals surface area (Å²) in [5.74, 6) is 0.218. The lowest BCUT2D eigenvalue weighted by Crippen LogP contribution is -2.24. The minimum atomic E-state index is -0.513. The van der Waals surface area contributed by atoms with E-state index in [2.05, 4.69) is 5.16 Å². The minimum Gasteiger partial charge on any atom is -0.359 e. The summed E-state index contributed by atoms with van der Waals surface area (Å²) in [5.41, 5.74) is 0.746. The third kappa shape index (κ3) is 1.62. The molecular weight excluding hydrogens is 199 g/mol. The standard InChI is InChI=1S/C10H13FN2O2/c1-6-3-8(15-12-6)10-7(5-11)4-9(14)13(10)2/h3,7,10H,4-5H2,1-2H3. The number of carbonyl (C=O) groups is 1. The summed E-state index contributed by atoms with van der Waals surface area (Å²) in [6, 6.07) is 1.45. The van der Waals surface area contributed by atoms with Crippen molar-refractivity contribution in [2.75, 3.05) is 13.7 Å². The second-order valence-corrected chi connectivity index (χ2v) is 3.94. The highest BCUT2D eigenvalue weighted by molar-refractivity contribution is 5.79. The summed E-state index contributed by atoms with van der Waals surface area (Å²) in [6.45, 7) is 1.29. The number of rotatable bonds is 2. The van der Waals surface area contributed by atoms with Crippen LogP contribution in [-0.2, 0) is 4.79 Å². The molecule has 1 aromatic heterocycles. The van der Waals surface area contributed by atoms with Gasteiger partial charge >= 0.3 is 0 Å². The number of likely N-dealkylation sites (tertiary alicyclic amines) is 1. The SMILES string of the molecule is Cc1cc(C2C(CF)CC(=O)N2C)on1. The third-order valence-corrected chi connectivity index (χ3v) is 2.83. The van der Waals surface area contributed by atoms with Gasteiger partial charge in [-0.1, -0.05) is 5.16 Å². The number of nitrogens with zero attached hydrogens (tertiary/aromatic N) is 2. The zero-order valence-corrected chi connectivity index (χ0v) is 8.74. The first-order valence-electron chi connectivity index (χ1n) is 4.88. The van der Waals surface area contributed by atoms with E-state index in [0.717, 1.165) is 5.69 Å². The second kappa shape index (κ2) is 3.64.